The van der Waals surface area contributed by atoms with Gasteiger partial charge in [0.1, 0.15) is 0 Å². The second-order valence-corrected chi connectivity index (χ2v) is 1.06. The zero-order chi connectivity index (χ0) is 4.99. The summed E-state index contributed by atoms with van der Waals surface area (Å²) in [5.74, 6) is -0.440. The molecule has 1 N–H and O–H groups in total. The van der Waals surface area contributed by atoms with Crippen molar-refractivity contribution in [3.8, 4) is 0 Å². The second kappa shape index (κ2) is 17.1. The molecule has 0 aromatic heterocycles. The molecule has 0 aliphatic carbocycles. The largest absolute Gasteiger partial charge is 0.568 e. The molecule has 0 bridgehead atoms. The molecule has 0 saturated heterocycles. The molecule has 3 radical (unpaired) electrons. The predicted octanol–water partition coefficient (Wildman–Crippen LogP) is 0.259. The van der Waals surface area contributed by atoms with Crippen molar-refractivity contribution in [2.75, 3.05) is 0 Å². The minimum Gasteiger partial charge on any atom is -0.568 e. The normalized spacial score (nSPS) is 9.11. The summed E-state index contributed by atoms with van der Waals surface area (Å²) < 4.78 is 0. The first-order chi connectivity index (χ1) is 2.81. The third-order valence-electron chi connectivity index (χ3n) is 0.409. The van der Waals surface area contributed by atoms with E-state index in [1.54, 1.807) is 13.2 Å². The molecule has 45 valence electrons. The first-order valence-electron chi connectivity index (χ1n) is 1.66. The van der Waals surface area contributed by atoms with E-state index in [-0.39, 0.29) is 98.1 Å². The Kier molecular flexibility index (Phi) is 43.2. The van der Waals surface area contributed by atoms with Gasteiger partial charge in [-0.25, -0.2) is 6.61 Å². The quantitative estimate of drug-likeness (QED) is 0.724. The molecule has 0 aliphatic heterocycles. The monoisotopic (exact) mass is 353 g/mol. The van der Waals surface area contributed by atoms with Crippen molar-refractivity contribution >= 4 is 6.29 Å². The third kappa shape index (κ3) is 18.2. The van der Waals surface area contributed by atoms with Crippen LogP contribution in [0.1, 0.15) is 6.92 Å². The Morgan fingerprint density at radius 3 is 1.78 bits per heavy atom. The van der Waals surface area contributed by atoms with Gasteiger partial charge in [-0.1, -0.05) is 0 Å². The summed E-state index contributed by atoms with van der Waals surface area (Å²) in [5, 5.41) is 7.95. The average molecular weight is 353 g/mol. The summed E-state index contributed by atoms with van der Waals surface area (Å²) in [6, 6.07) is 0. The average Bonchev–Trinajstić information content (AvgIpc) is 1.65. The Bertz CT molecular complexity index is 51.1. The van der Waals surface area contributed by atoms with Crippen LogP contribution in [0.2, 0.25) is 0 Å². The number of carbonyl (C=O) groups excluding carboxylic acids is 1. The molecule has 0 spiro atoms. The van der Waals surface area contributed by atoms with Crippen molar-refractivity contribution in [2.24, 2.45) is 5.92 Å². The molecule has 5 heteroatoms. The summed E-state index contributed by atoms with van der Waals surface area (Å²) in [7, 11) is 0. The minimum absolute atomic E-state index is 0. The van der Waals surface area contributed by atoms with E-state index >= 15 is 0 Å². The van der Waals surface area contributed by atoms with Crippen molar-refractivity contribution in [3.05, 3.63) is 6.61 Å². The third-order valence-corrected chi connectivity index (χ3v) is 0.409. The van der Waals surface area contributed by atoms with Crippen LogP contribution in [-0.2, 0) is 103 Å². The molecule has 0 aliphatic rings. The van der Waals surface area contributed by atoms with E-state index < -0.39 is 5.92 Å². The van der Waals surface area contributed by atoms with Gasteiger partial charge in [0.25, 0.3) is 0 Å². The first kappa shape index (κ1) is 22.7. The zero-order valence-electron chi connectivity index (χ0n) is 5.24. The van der Waals surface area contributed by atoms with Crippen LogP contribution in [-0.4, -0.2) is 11.4 Å². The molecule has 0 heterocycles. The maximum absolute atomic E-state index is 9.42. The molecule has 1 unspecified atom stereocenters. The van der Waals surface area contributed by atoms with E-state index in [9.17, 15) is 4.79 Å². The number of rotatable bonds is 2. The second-order valence-electron chi connectivity index (χ2n) is 1.06. The number of aliphatic hydroxyl groups excluding tert-OH is 1. The van der Waals surface area contributed by atoms with Gasteiger partial charge in [-0.2, -0.15) is 0 Å². The molecular formula is C4H6O2Y3-2. The van der Waals surface area contributed by atoms with Gasteiger partial charge in [0.15, 0.2) is 0 Å². The van der Waals surface area contributed by atoms with E-state index in [0.717, 1.165) is 6.61 Å². The number of aliphatic hydroxyl groups is 1. The van der Waals surface area contributed by atoms with Crippen molar-refractivity contribution in [1.29, 1.82) is 0 Å². The fourth-order valence-corrected chi connectivity index (χ4v) is 0.0304. The SMILES string of the molecule is CC([C-]=O)[CH-]O.[Y].[Y].[Y]. The number of hydrogen-bond acceptors (Lipinski definition) is 2. The van der Waals surface area contributed by atoms with E-state index in [2.05, 4.69) is 0 Å². The Hall–Kier alpha value is 2.94. The Labute approximate surface area is 131 Å². The number of hydrogen-bond donors (Lipinski definition) is 1. The van der Waals surface area contributed by atoms with Crippen LogP contribution in [0, 0.1) is 12.5 Å². The Balaban J connectivity index is -0.0000000417. The molecule has 1 atom stereocenters. The van der Waals surface area contributed by atoms with Gasteiger partial charge in [-0.15, -0.1) is 6.92 Å². The van der Waals surface area contributed by atoms with Crippen LogP contribution in [0.4, 0.5) is 0 Å². The Morgan fingerprint density at radius 1 is 1.44 bits per heavy atom. The van der Waals surface area contributed by atoms with Crippen molar-refractivity contribution in [1.82, 2.24) is 0 Å². The van der Waals surface area contributed by atoms with E-state index in [0.29, 0.717) is 0 Å². The Morgan fingerprint density at radius 2 is 1.78 bits per heavy atom. The molecular weight excluding hydrogens is 347 g/mol. The molecule has 2 nitrogen and oxygen atoms in total. The molecule has 0 rings (SSSR count). The van der Waals surface area contributed by atoms with Gasteiger partial charge in [0, 0.05) is 98.1 Å². The van der Waals surface area contributed by atoms with E-state index in [1.165, 1.54) is 0 Å². The van der Waals surface area contributed by atoms with Crippen LogP contribution in [0.5, 0.6) is 0 Å². The van der Waals surface area contributed by atoms with Gasteiger partial charge in [0.2, 0.25) is 0 Å². The van der Waals surface area contributed by atoms with Crippen LogP contribution in [0.15, 0.2) is 0 Å². The fraction of sp³-hybridized carbons (Fsp3) is 0.500. The van der Waals surface area contributed by atoms with Crippen LogP contribution >= 0.6 is 0 Å². The van der Waals surface area contributed by atoms with Crippen molar-refractivity contribution < 1.29 is 108 Å². The molecule has 0 aromatic rings. The van der Waals surface area contributed by atoms with Crippen LogP contribution in [0.25, 0.3) is 0 Å². The van der Waals surface area contributed by atoms with Gasteiger partial charge >= 0.3 is 0 Å². The summed E-state index contributed by atoms with van der Waals surface area (Å²) in [6.07, 6.45) is 1.56. The minimum atomic E-state index is -0.440. The molecule has 0 saturated carbocycles. The molecule has 0 fully saturated rings. The zero-order valence-corrected chi connectivity index (χ0v) is 13.8. The smallest absolute Gasteiger partial charge is 0 e. The van der Waals surface area contributed by atoms with Crippen molar-refractivity contribution in [3.63, 3.8) is 0 Å². The standard InChI is InChI=1S/C4H6O2.3Y/c1-4(2-5)3-6;;;/h2,4-5H,1H3;;;/q-2;;;. The molecule has 0 aromatic carbocycles. The topological polar surface area (TPSA) is 37.3 Å². The van der Waals surface area contributed by atoms with E-state index in [1.807, 2.05) is 0 Å². The predicted molar refractivity (Wildman–Crippen MR) is 21.1 cm³/mol. The van der Waals surface area contributed by atoms with Gasteiger partial charge < -0.3 is 9.90 Å². The molecule has 0 amide bonds. The van der Waals surface area contributed by atoms with Gasteiger partial charge in [-0.05, 0) is 0 Å². The van der Waals surface area contributed by atoms with Crippen molar-refractivity contribution in [2.45, 2.75) is 6.92 Å². The van der Waals surface area contributed by atoms with Gasteiger partial charge in [0.05, 0.1) is 0 Å². The first-order valence-corrected chi connectivity index (χ1v) is 1.66. The van der Waals surface area contributed by atoms with Crippen LogP contribution < -0.4 is 0 Å². The maximum atomic E-state index is 9.42. The summed E-state index contributed by atoms with van der Waals surface area (Å²) in [6.45, 7) is 2.35. The van der Waals surface area contributed by atoms with E-state index in [4.69, 9.17) is 5.11 Å². The fourth-order valence-electron chi connectivity index (χ4n) is 0.0304. The summed E-state index contributed by atoms with van der Waals surface area (Å²) in [4.78, 5) is 9.42. The van der Waals surface area contributed by atoms with Gasteiger partial charge in [-0.3, -0.25) is 12.2 Å². The summed E-state index contributed by atoms with van der Waals surface area (Å²) in [5.41, 5.74) is 0. The maximum Gasteiger partial charge on any atom is 0 e. The summed E-state index contributed by atoms with van der Waals surface area (Å²) >= 11 is 0. The molecule has 9 heavy (non-hydrogen) atoms. The van der Waals surface area contributed by atoms with Crippen LogP contribution in [0.3, 0.4) is 0 Å².